The maximum absolute atomic E-state index is 13.6. The van der Waals surface area contributed by atoms with Gasteiger partial charge in [0.1, 0.15) is 5.69 Å². The number of hydrogen-bond acceptors (Lipinski definition) is 3. The monoisotopic (exact) mass is 371 g/mol. The summed E-state index contributed by atoms with van der Waals surface area (Å²) in [6.45, 7) is 5.78. The molecule has 142 valence electrons. The SMILES string of the molecule is CCCC(=O)c1c(C2CC(F)(F)C2)c(-c2ccc(C#N)cc2)nn1C(C)C. The number of hydrogen-bond donors (Lipinski definition) is 0. The Morgan fingerprint density at radius 1 is 1.33 bits per heavy atom. The van der Waals surface area contributed by atoms with Gasteiger partial charge in [0, 0.05) is 36.4 Å². The van der Waals surface area contributed by atoms with Gasteiger partial charge in [0.15, 0.2) is 5.78 Å². The second kappa shape index (κ2) is 7.22. The molecule has 1 aromatic carbocycles. The van der Waals surface area contributed by atoms with Gasteiger partial charge in [-0.3, -0.25) is 9.48 Å². The number of alkyl halides is 2. The molecule has 0 amide bonds. The zero-order valence-corrected chi connectivity index (χ0v) is 15.8. The minimum absolute atomic E-state index is 0.0520. The molecule has 0 atom stereocenters. The maximum Gasteiger partial charge on any atom is 0.249 e. The van der Waals surface area contributed by atoms with Crippen LogP contribution in [0.1, 0.15) is 80.0 Å². The largest absolute Gasteiger partial charge is 0.292 e. The Hall–Kier alpha value is -2.55. The molecule has 6 heteroatoms. The Labute approximate surface area is 157 Å². The second-order valence-electron chi connectivity index (χ2n) is 7.47. The van der Waals surface area contributed by atoms with Crippen LogP contribution in [0.15, 0.2) is 24.3 Å². The van der Waals surface area contributed by atoms with E-state index in [2.05, 4.69) is 11.2 Å². The summed E-state index contributed by atoms with van der Waals surface area (Å²) >= 11 is 0. The maximum atomic E-state index is 13.6. The lowest BCUT2D eigenvalue weighted by atomic mass is 9.74. The zero-order chi connectivity index (χ0) is 19.8. The van der Waals surface area contributed by atoms with Gasteiger partial charge in [-0.25, -0.2) is 8.78 Å². The summed E-state index contributed by atoms with van der Waals surface area (Å²) in [4.78, 5) is 12.9. The van der Waals surface area contributed by atoms with E-state index in [1.165, 1.54) is 0 Å². The Morgan fingerprint density at radius 3 is 2.44 bits per heavy atom. The van der Waals surface area contributed by atoms with Crippen LogP contribution in [0, 0.1) is 11.3 Å². The summed E-state index contributed by atoms with van der Waals surface area (Å²) in [5, 5.41) is 13.7. The summed E-state index contributed by atoms with van der Waals surface area (Å²) in [5.74, 6) is -3.12. The zero-order valence-electron chi connectivity index (χ0n) is 15.8. The molecule has 0 saturated heterocycles. The first-order valence-electron chi connectivity index (χ1n) is 9.31. The van der Waals surface area contributed by atoms with Crippen LogP contribution in [0.5, 0.6) is 0 Å². The van der Waals surface area contributed by atoms with E-state index in [1.807, 2.05) is 20.8 Å². The van der Waals surface area contributed by atoms with E-state index in [9.17, 15) is 13.6 Å². The number of carbonyl (C=O) groups is 1. The van der Waals surface area contributed by atoms with Crippen molar-refractivity contribution in [1.29, 1.82) is 5.26 Å². The summed E-state index contributed by atoms with van der Waals surface area (Å²) < 4.78 is 28.9. The lowest BCUT2D eigenvalue weighted by Gasteiger charge is -2.35. The van der Waals surface area contributed by atoms with Crippen LogP contribution in [-0.2, 0) is 0 Å². The second-order valence-corrected chi connectivity index (χ2v) is 7.47. The number of aromatic nitrogens is 2. The molecular weight excluding hydrogens is 348 g/mol. The quantitative estimate of drug-likeness (QED) is 0.630. The van der Waals surface area contributed by atoms with E-state index < -0.39 is 5.92 Å². The molecule has 0 N–H and O–H groups in total. The van der Waals surface area contributed by atoms with Crippen LogP contribution in [0.4, 0.5) is 8.78 Å². The molecule has 4 nitrogen and oxygen atoms in total. The van der Waals surface area contributed by atoms with Gasteiger partial charge in [-0.2, -0.15) is 10.4 Å². The van der Waals surface area contributed by atoms with Crippen molar-refractivity contribution >= 4 is 5.78 Å². The standard InChI is InChI=1S/C21H23F2N3O/c1-4-5-17(27)20-18(16-10-21(22,23)11-16)19(25-26(20)13(2)3)15-8-6-14(12-24)7-9-15/h6-9,13,16H,4-5,10-11H2,1-3H3. The lowest BCUT2D eigenvalue weighted by molar-refractivity contribution is -0.0867. The topological polar surface area (TPSA) is 58.7 Å². The smallest absolute Gasteiger partial charge is 0.249 e. The first kappa shape index (κ1) is 19.2. The Morgan fingerprint density at radius 2 is 1.96 bits per heavy atom. The predicted octanol–water partition coefficient (Wildman–Crippen LogP) is 5.50. The van der Waals surface area contributed by atoms with E-state index in [4.69, 9.17) is 5.26 Å². The van der Waals surface area contributed by atoms with Crippen molar-refractivity contribution in [3.05, 3.63) is 41.1 Å². The van der Waals surface area contributed by atoms with Gasteiger partial charge in [-0.05, 0) is 38.3 Å². The molecule has 2 aromatic rings. The average Bonchev–Trinajstić information content (AvgIpc) is 3.00. The minimum atomic E-state index is -2.68. The molecular formula is C21H23F2N3O. The van der Waals surface area contributed by atoms with Crippen LogP contribution < -0.4 is 0 Å². The van der Waals surface area contributed by atoms with Gasteiger partial charge in [0.25, 0.3) is 0 Å². The number of ketones is 1. The molecule has 1 aromatic heterocycles. The first-order valence-corrected chi connectivity index (χ1v) is 9.31. The van der Waals surface area contributed by atoms with Gasteiger partial charge in [-0.1, -0.05) is 19.1 Å². The predicted molar refractivity (Wildman–Crippen MR) is 98.9 cm³/mol. The molecule has 1 heterocycles. The molecule has 1 saturated carbocycles. The van der Waals surface area contributed by atoms with Crippen molar-refractivity contribution in [2.45, 2.75) is 64.3 Å². The van der Waals surface area contributed by atoms with Crippen molar-refractivity contribution in [2.75, 3.05) is 0 Å². The molecule has 1 aliphatic rings. The fourth-order valence-electron chi connectivity index (χ4n) is 3.61. The van der Waals surface area contributed by atoms with Crippen LogP contribution >= 0.6 is 0 Å². The van der Waals surface area contributed by atoms with Gasteiger partial charge < -0.3 is 0 Å². The van der Waals surface area contributed by atoms with Crippen molar-refractivity contribution in [3.63, 3.8) is 0 Å². The molecule has 0 radical (unpaired) electrons. The van der Waals surface area contributed by atoms with Gasteiger partial charge >= 0.3 is 0 Å². The summed E-state index contributed by atoms with van der Waals surface area (Å²) in [6.07, 6.45) is 0.537. The van der Waals surface area contributed by atoms with E-state index in [1.54, 1.807) is 28.9 Å². The fourth-order valence-corrected chi connectivity index (χ4v) is 3.61. The van der Waals surface area contributed by atoms with Crippen LogP contribution in [0.2, 0.25) is 0 Å². The third-order valence-electron chi connectivity index (χ3n) is 4.96. The molecule has 3 rings (SSSR count). The van der Waals surface area contributed by atoms with Crippen molar-refractivity contribution in [3.8, 4) is 17.3 Å². The molecule has 0 spiro atoms. The Kier molecular flexibility index (Phi) is 5.14. The van der Waals surface area contributed by atoms with Crippen LogP contribution in [-0.4, -0.2) is 21.5 Å². The molecule has 27 heavy (non-hydrogen) atoms. The number of carbonyl (C=O) groups excluding carboxylic acids is 1. The summed E-state index contributed by atoms with van der Waals surface area (Å²) in [7, 11) is 0. The van der Waals surface area contributed by atoms with Gasteiger partial charge in [-0.15, -0.1) is 0 Å². The lowest BCUT2D eigenvalue weighted by Crippen LogP contribution is -2.34. The summed E-state index contributed by atoms with van der Waals surface area (Å²) in [6, 6.07) is 8.89. The van der Waals surface area contributed by atoms with E-state index in [0.29, 0.717) is 35.4 Å². The minimum Gasteiger partial charge on any atom is -0.292 e. The third-order valence-corrected chi connectivity index (χ3v) is 4.96. The number of nitrogens with zero attached hydrogens (tertiary/aromatic N) is 3. The van der Waals surface area contributed by atoms with E-state index in [0.717, 1.165) is 5.56 Å². The molecule has 0 bridgehead atoms. The van der Waals surface area contributed by atoms with Crippen molar-refractivity contribution in [1.82, 2.24) is 9.78 Å². The van der Waals surface area contributed by atoms with Gasteiger partial charge in [0.2, 0.25) is 5.92 Å². The number of Topliss-reactive ketones (excluding diaryl/α,β-unsaturated/α-hetero) is 1. The van der Waals surface area contributed by atoms with Crippen LogP contribution in [0.3, 0.4) is 0 Å². The highest BCUT2D eigenvalue weighted by Crippen LogP contribution is 2.51. The molecule has 1 fully saturated rings. The first-order chi connectivity index (χ1) is 12.8. The third kappa shape index (κ3) is 3.64. The number of nitriles is 1. The highest BCUT2D eigenvalue weighted by Gasteiger charge is 2.49. The van der Waals surface area contributed by atoms with E-state index in [-0.39, 0.29) is 30.6 Å². The number of rotatable bonds is 6. The van der Waals surface area contributed by atoms with Gasteiger partial charge in [0.05, 0.1) is 17.3 Å². The summed E-state index contributed by atoms with van der Waals surface area (Å²) in [5.41, 5.74) is 2.93. The normalized spacial score (nSPS) is 16.2. The Balaban J connectivity index is 2.17. The number of halogens is 2. The fraction of sp³-hybridized carbons (Fsp3) is 0.476. The molecule has 0 unspecified atom stereocenters. The van der Waals surface area contributed by atoms with Crippen molar-refractivity contribution in [2.24, 2.45) is 0 Å². The highest BCUT2D eigenvalue weighted by atomic mass is 19.3. The highest BCUT2D eigenvalue weighted by molar-refractivity contribution is 5.98. The molecule has 0 aliphatic heterocycles. The van der Waals surface area contributed by atoms with Crippen LogP contribution in [0.25, 0.3) is 11.3 Å². The average molecular weight is 371 g/mol. The number of benzene rings is 1. The van der Waals surface area contributed by atoms with E-state index >= 15 is 0 Å². The Bertz CT molecular complexity index is 883. The molecule has 1 aliphatic carbocycles. The van der Waals surface area contributed by atoms with Crippen molar-refractivity contribution < 1.29 is 13.6 Å².